The summed E-state index contributed by atoms with van der Waals surface area (Å²) in [6.45, 7) is 2.47. The molecular weight excluding hydrogens is 512 g/mol. The first-order valence-electron chi connectivity index (χ1n) is 10.8. The van der Waals surface area contributed by atoms with Crippen LogP contribution in [0.15, 0.2) is 18.6 Å². The van der Waals surface area contributed by atoms with Gasteiger partial charge in [0.15, 0.2) is 11.5 Å². The van der Waals surface area contributed by atoms with Crippen LogP contribution in [-0.2, 0) is 11.0 Å². The lowest BCUT2D eigenvalue weighted by Crippen LogP contribution is -2.37. The summed E-state index contributed by atoms with van der Waals surface area (Å²) < 4.78 is 43.1. The van der Waals surface area contributed by atoms with Crippen LogP contribution in [0.3, 0.4) is 0 Å². The highest BCUT2D eigenvalue weighted by Gasteiger charge is 2.45. The zero-order valence-corrected chi connectivity index (χ0v) is 20.4. The summed E-state index contributed by atoms with van der Waals surface area (Å²) in [4.78, 5) is 42.1. The molecule has 2 aromatic heterocycles. The van der Waals surface area contributed by atoms with Crippen LogP contribution in [0.2, 0.25) is 10.0 Å². The van der Waals surface area contributed by atoms with Gasteiger partial charge >= 0.3 is 12.1 Å². The first-order valence-corrected chi connectivity index (χ1v) is 11.5. The van der Waals surface area contributed by atoms with Gasteiger partial charge in [0.25, 0.3) is 5.91 Å². The normalized spacial score (nSPS) is 20.5. The van der Waals surface area contributed by atoms with Gasteiger partial charge in [-0.05, 0) is 39.5 Å². The lowest BCUT2D eigenvalue weighted by molar-refractivity contribution is -0.152. The van der Waals surface area contributed by atoms with Crippen molar-refractivity contribution in [2.75, 3.05) is 13.1 Å². The van der Waals surface area contributed by atoms with E-state index in [9.17, 15) is 32.7 Å². The highest BCUT2D eigenvalue weighted by atomic mass is 35.5. The van der Waals surface area contributed by atoms with Crippen molar-refractivity contribution in [2.24, 2.45) is 5.41 Å². The third kappa shape index (κ3) is 5.45. The zero-order chi connectivity index (χ0) is 26.1. The Morgan fingerprint density at radius 3 is 2.23 bits per heavy atom. The minimum Gasteiger partial charge on any atom is -0.481 e. The number of amides is 1. The smallest absolute Gasteiger partial charge is 0.433 e. The van der Waals surface area contributed by atoms with E-state index in [2.05, 4.69) is 10.1 Å². The highest BCUT2D eigenvalue weighted by Crippen LogP contribution is 2.43. The Hall–Kier alpha value is -2.66. The van der Waals surface area contributed by atoms with Gasteiger partial charge < -0.3 is 10.0 Å². The van der Waals surface area contributed by atoms with Gasteiger partial charge in [0.05, 0.1) is 45.4 Å². The minimum atomic E-state index is -4.91. The number of carbonyl (C=O) groups is 3. The number of hydrogen-bond donors (Lipinski definition) is 1. The maximum Gasteiger partial charge on any atom is 0.433 e. The number of aliphatic carboxylic acids is 1. The largest absolute Gasteiger partial charge is 0.481 e. The van der Waals surface area contributed by atoms with Gasteiger partial charge in [0.2, 0.25) is 0 Å². The Balaban J connectivity index is 1.90. The van der Waals surface area contributed by atoms with Gasteiger partial charge in [-0.2, -0.15) is 18.3 Å². The van der Waals surface area contributed by atoms with Crippen molar-refractivity contribution >= 4 is 40.9 Å². The minimum absolute atomic E-state index is 0.0412. The van der Waals surface area contributed by atoms with Crippen molar-refractivity contribution < 1.29 is 32.7 Å². The molecule has 1 fully saturated rings. The molecule has 190 valence electrons. The molecule has 3 rings (SSSR count). The molecule has 0 atom stereocenters. The van der Waals surface area contributed by atoms with Crippen molar-refractivity contribution in [1.82, 2.24) is 19.7 Å². The standard InChI is InChI=1S/C22H23Cl2F3N4O4/c1-3-30(11-16(32)17-14(23)9-28-10-15(17)24)19(33)13-8-29-31(18(13)22(25,26)27)12-4-6-21(2,7-5-12)20(34)35/h8-10,12H,3-7,11H2,1-2H3,(H,34,35). The van der Waals surface area contributed by atoms with Crippen molar-refractivity contribution in [3.05, 3.63) is 45.5 Å². The number of hydrogen-bond acceptors (Lipinski definition) is 5. The Kier molecular flexibility index (Phi) is 7.80. The Morgan fingerprint density at radius 2 is 1.74 bits per heavy atom. The summed E-state index contributed by atoms with van der Waals surface area (Å²) in [6.07, 6.45) is -0.987. The lowest BCUT2D eigenvalue weighted by atomic mass is 9.74. The van der Waals surface area contributed by atoms with Gasteiger partial charge in [-0.1, -0.05) is 23.2 Å². The average molecular weight is 535 g/mol. The van der Waals surface area contributed by atoms with E-state index in [0.717, 1.165) is 15.8 Å². The molecule has 1 amide bonds. The number of likely N-dealkylation sites (N-methyl/N-ethyl adjacent to an activating group) is 1. The molecule has 13 heteroatoms. The third-order valence-corrected chi connectivity index (χ3v) is 6.92. The molecule has 0 bridgehead atoms. The predicted octanol–water partition coefficient (Wildman–Crippen LogP) is 5.15. The number of ketones is 1. The molecule has 0 unspecified atom stereocenters. The maximum atomic E-state index is 14.1. The van der Waals surface area contributed by atoms with Crippen molar-refractivity contribution in [3.8, 4) is 0 Å². The van der Waals surface area contributed by atoms with Crippen LogP contribution in [0.25, 0.3) is 0 Å². The summed E-state index contributed by atoms with van der Waals surface area (Å²) in [5.74, 6) is -2.67. The second-order valence-corrected chi connectivity index (χ2v) is 9.48. The summed E-state index contributed by atoms with van der Waals surface area (Å²) >= 11 is 12.0. The molecule has 0 saturated heterocycles. The number of carboxylic acids is 1. The number of aromatic nitrogens is 3. The number of rotatable bonds is 7. The third-order valence-electron chi connectivity index (χ3n) is 6.35. The molecule has 1 aliphatic carbocycles. The number of nitrogens with zero attached hydrogens (tertiary/aromatic N) is 4. The van der Waals surface area contributed by atoms with Crippen molar-refractivity contribution in [2.45, 2.75) is 51.7 Å². The van der Waals surface area contributed by atoms with E-state index in [1.165, 1.54) is 19.3 Å². The molecule has 2 aromatic rings. The predicted molar refractivity (Wildman–Crippen MR) is 121 cm³/mol. The number of pyridine rings is 1. The number of carbonyl (C=O) groups excluding carboxylic acids is 2. The quantitative estimate of drug-likeness (QED) is 0.492. The number of carboxylic acid groups (broad SMARTS) is 1. The van der Waals surface area contributed by atoms with E-state index in [0.29, 0.717) is 0 Å². The van der Waals surface area contributed by atoms with E-state index in [1.54, 1.807) is 6.92 Å². The van der Waals surface area contributed by atoms with Gasteiger partial charge in [-0.25, -0.2) is 0 Å². The Labute approximate surface area is 209 Å². The van der Waals surface area contributed by atoms with E-state index in [4.69, 9.17) is 23.2 Å². The fourth-order valence-electron chi connectivity index (χ4n) is 4.20. The van der Waals surface area contributed by atoms with Crippen molar-refractivity contribution in [3.63, 3.8) is 0 Å². The number of halogens is 5. The van der Waals surface area contributed by atoms with Gasteiger partial charge in [0.1, 0.15) is 0 Å². The highest BCUT2D eigenvalue weighted by molar-refractivity contribution is 6.39. The van der Waals surface area contributed by atoms with Gasteiger partial charge in [-0.15, -0.1) is 0 Å². The molecule has 1 N–H and O–H groups in total. The van der Waals surface area contributed by atoms with Gasteiger partial charge in [-0.3, -0.25) is 24.0 Å². The van der Waals surface area contributed by atoms with Crippen LogP contribution in [0.4, 0.5) is 13.2 Å². The second kappa shape index (κ2) is 10.1. The number of alkyl halides is 3. The molecule has 8 nitrogen and oxygen atoms in total. The van der Waals surface area contributed by atoms with Crippen molar-refractivity contribution in [1.29, 1.82) is 0 Å². The molecule has 0 aromatic carbocycles. The maximum absolute atomic E-state index is 14.1. The van der Waals surface area contributed by atoms with Crippen LogP contribution in [0, 0.1) is 5.41 Å². The number of Topliss-reactive ketones (excluding diaryl/α,β-unsaturated/α-hetero) is 1. The molecule has 2 heterocycles. The average Bonchev–Trinajstić information content (AvgIpc) is 3.23. The molecular formula is C22H23Cl2F3N4O4. The summed E-state index contributed by atoms with van der Waals surface area (Å²) in [5.41, 5.74) is -3.01. The molecule has 1 saturated carbocycles. The molecule has 0 radical (unpaired) electrons. The van der Waals surface area contributed by atoms with Crippen LogP contribution < -0.4 is 0 Å². The van der Waals surface area contributed by atoms with Crippen LogP contribution in [0.1, 0.15) is 72.0 Å². The van der Waals surface area contributed by atoms with Gasteiger partial charge in [0, 0.05) is 18.9 Å². The SMILES string of the molecule is CCN(CC(=O)c1c(Cl)cncc1Cl)C(=O)c1cnn(C2CCC(C)(C(=O)O)CC2)c1C(F)(F)F. The molecule has 35 heavy (non-hydrogen) atoms. The van der Waals surface area contributed by atoms with Crippen LogP contribution in [0.5, 0.6) is 0 Å². The summed E-state index contributed by atoms with van der Waals surface area (Å²) in [5, 5.41) is 13.2. The molecule has 0 aliphatic heterocycles. The summed E-state index contributed by atoms with van der Waals surface area (Å²) in [6, 6.07) is -0.716. The monoisotopic (exact) mass is 534 g/mol. The Bertz CT molecular complexity index is 1120. The fraction of sp³-hybridized carbons (Fsp3) is 0.500. The molecule has 1 aliphatic rings. The van der Waals surface area contributed by atoms with Crippen LogP contribution >= 0.6 is 23.2 Å². The second-order valence-electron chi connectivity index (χ2n) is 8.67. The van der Waals surface area contributed by atoms with Crippen LogP contribution in [-0.4, -0.2) is 55.5 Å². The summed E-state index contributed by atoms with van der Waals surface area (Å²) in [7, 11) is 0. The Morgan fingerprint density at radius 1 is 1.17 bits per heavy atom. The topological polar surface area (TPSA) is 105 Å². The zero-order valence-electron chi connectivity index (χ0n) is 18.9. The molecule has 0 spiro atoms. The first-order chi connectivity index (χ1) is 16.3. The fourth-order valence-corrected chi connectivity index (χ4v) is 4.78. The van der Waals surface area contributed by atoms with E-state index in [1.807, 2.05) is 0 Å². The van der Waals surface area contributed by atoms with E-state index in [-0.39, 0.29) is 47.8 Å². The van der Waals surface area contributed by atoms with E-state index >= 15 is 0 Å². The van der Waals surface area contributed by atoms with E-state index < -0.39 is 53.1 Å². The lowest BCUT2D eigenvalue weighted by Gasteiger charge is -2.34. The first kappa shape index (κ1) is 26.9.